The first kappa shape index (κ1) is 16.4. The van der Waals surface area contributed by atoms with E-state index in [-0.39, 0.29) is 19.0 Å². The minimum absolute atomic E-state index is 0.0802. The van der Waals surface area contributed by atoms with Gasteiger partial charge in [0.1, 0.15) is 0 Å². The van der Waals surface area contributed by atoms with Gasteiger partial charge < -0.3 is 4.74 Å². The lowest BCUT2D eigenvalue weighted by atomic mass is 10.0. The number of piperidine rings is 1. The van der Waals surface area contributed by atoms with Crippen LogP contribution in [-0.4, -0.2) is 56.3 Å². The van der Waals surface area contributed by atoms with E-state index < -0.39 is 16.2 Å². The molecule has 1 fully saturated rings. The maximum Gasteiger partial charge on any atom is 0.306 e. The van der Waals surface area contributed by atoms with Gasteiger partial charge in [0, 0.05) is 26.2 Å². The number of ether oxygens (including phenoxy) is 1. The lowest BCUT2D eigenvalue weighted by Crippen LogP contribution is -2.49. The Hall–Kier alpha value is -0.660. The van der Waals surface area contributed by atoms with E-state index in [1.54, 1.807) is 4.31 Å². The number of hydrogen-bond donors (Lipinski definition) is 0. The lowest BCUT2D eigenvalue weighted by molar-refractivity contribution is -0.140. The second-order valence-corrected chi connectivity index (χ2v) is 6.81. The lowest BCUT2D eigenvalue weighted by Gasteiger charge is -2.36. The third-order valence-electron chi connectivity index (χ3n) is 3.59. The average molecular weight is 292 g/mol. The topological polar surface area (TPSA) is 66.9 Å². The van der Waals surface area contributed by atoms with Crippen molar-refractivity contribution in [2.75, 3.05) is 27.2 Å². The number of carbonyl (C=O) groups is 1. The molecule has 0 aromatic rings. The summed E-state index contributed by atoms with van der Waals surface area (Å²) in [5.41, 5.74) is 0. The van der Waals surface area contributed by atoms with Crippen LogP contribution in [0.25, 0.3) is 0 Å². The third kappa shape index (κ3) is 4.15. The van der Waals surface area contributed by atoms with Crippen molar-refractivity contribution < 1.29 is 17.9 Å². The first-order chi connectivity index (χ1) is 8.93. The highest BCUT2D eigenvalue weighted by molar-refractivity contribution is 7.86. The zero-order valence-electron chi connectivity index (χ0n) is 12.0. The Bertz CT molecular complexity index is 397. The molecule has 1 saturated heterocycles. The van der Waals surface area contributed by atoms with E-state index >= 15 is 0 Å². The highest BCUT2D eigenvalue weighted by atomic mass is 32.2. The van der Waals surface area contributed by atoms with E-state index in [9.17, 15) is 13.2 Å². The standard InChI is InChI=1S/C12H24N2O4S/c1-4-11-7-5-6-9-14(11)19(16,17)13(2)10-8-12(15)18-3/h11H,4-10H2,1-3H3. The van der Waals surface area contributed by atoms with E-state index in [1.807, 2.05) is 6.92 Å². The minimum atomic E-state index is -3.47. The Morgan fingerprint density at radius 3 is 2.68 bits per heavy atom. The van der Waals surface area contributed by atoms with Crippen LogP contribution >= 0.6 is 0 Å². The zero-order valence-corrected chi connectivity index (χ0v) is 12.8. The van der Waals surface area contributed by atoms with Gasteiger partial charge in [-0.15, -0.1) is 0 Å². The Kier molecular flexibility index (Phi) is 6.22. The van der Waals surface area contributed by atoms with Gasteiger partial charge in [0.15, 0.2) is 0 Å². The van der Waals surface area contributed by atoms with Gasteiger partial charge in [0.05, 0.1) is 13.5 Å². The smallest absolute Gasteiger partial charge is 0.306 e. The number of nitrogens with zero attached hydrogens (tertiary/aromatic N) is 2. The van der Waals surface area contributed by atoms with E-state index in [0.717, 1.165) is 25.7 Å². The van der Waals surface area contributed by atoms with Gasteiger partial charge in [0.2, 0.25) is 0 Å². The van der Waals surface area contributed by atoms with Crippen molar-refractivity contribution in [3.05, 3.63) is 0 Å². The molecule has 1 rings (SSSR count). The van der Waals surface area contributed by atoms with Crippen LogP contribution in [-0.2, 0) is 19.7 Å². The fourth-order valence-corrected chi connectivity index (χ4v) is 4.00. The average Bonchev–Trinajstić information content (AvgIpc) is 2.43. The van der Waals surface area contributed by atoms with Gasteiger partial charge in [-0.05, 0) is 19.3 Å². The Balaban J connectivity index is 2.69. The number of rotatable bonds is 6. The van der Waals surface area contributed by atoms with Crippen molar-refractivity contribution in [2.24, 2.45) is 0 Å². The van der Waals surface area contributed by atoms with Crippen LogP contribution in [0.4, 0.5) is 0 Å². The summed E-state index contributed by atoms with van der Waals surface area (Å²) < 4.78 is 32.3. The first-order valence-corrected chi connectivity index (χ1v) is 8.13. The fraction of sp³-hybridized carbons (Fsp3) is 0.917. The maximum absolute atomic E-state index is 12.5. The normalized spacial score (nSPS) is 21.6. The predicted molar refractivity (Wildman–Crippen MR) is 72.8 cm³/mol. The van der Waals surface area contributed by atoms with Gasteiger partial charge in [-0.3, -0.25) is 4.79 Å². The molecule has 1 unspecified atom stereocenters. The van der Waals surface area contributed by atoms with Gasteiger partial charge in [0.25, 0.3) is 10.2 Å². The van der Waals surface area contributed by atoms with Gasteiger partial charge in [-0.25, -0.2) is 0 Å². The summed E-state index contributed by atoms with van der Waals surface area (Å²) in [7, 11) is -0.655. The van der Waals surface area contributed by atoms with E-state index in [4.69, 9.17) is 0 Å². The Labute approximate surface area is 115 Å². The summed E-state index contributed by atoms with van der Waals surface area (Å²) in [4.78, 5) is 11.1. The first-order valence-electron chi connectivity index (χ1n) is 6.73. The fourth-order valence-electron chi connectivity index (χ4n) is 2.33. The van der Waals surface area contributed by atoms with Gasteiger partial charge in [-0.2, -0.15) is 17.0 Å². The third-order valence-corrected chi connectivity index (χ3v) is 5.64. The van der Waals surface area contributed by atoms with Crippen molar-refractivity contribution in [3.63, 3.8) is 0 Å². The maximum atomic E-state index is 12.5. The molecule has 0 radical (unpaired) electrons. The molecule has 0 spiro atoms. The van der Waals surface area contributed by atoms with Crippen LogP contribution in [0.2, 0.25) is 0 Å². The molecule has 0 saturated carbocycles. The number of methoxy groups -OCH3 is 1. The molecule has 0 aromatic carbocycles. The molecule has 1 aliphatic heterocycles. The molecule has 0 amide bonds. The predicted octanol–water partition coefficient (Wildman–Crippen LogP) is 0.991. The van der Waals surface area contributed by atoms with Crippen molar-refractivity contribution >= 4 is 16.2 Å². The van der Waals surface area contributed by atoms with Crippen molar-refractivity contribution in [1.82, 2.24) is 8.61 Å². The van der Waals surface area contributed by atoms with E-state index in [2.05, 4.69) is 4.74 Å². The minimum Gasteiger partial charge on any atom is -0.469 e. The molecule has 19 heavy (non-hydrogen) atoms. The summed E-state index contributed by atoms with van der Waals surface area (Å²) in [6.07, 6.45) is 3.80. The van der Waals surface area contributed by atoms with Crippen LogP contribution in [0.1, 0.15) is 39.0 Å². The van der Waals surface area contributed by atoms with Crippen molar-refractivity contribution in [2.45, 2.75) is 45.1 Å². The zero-order chi connectivity index (χ0) is 14.5. The monoisotopic (exact) mass is 292 g/mol. The van der Waals surface area contributed by atoms with Crippen molar-refractivity contribution in [1.29, 1.82) is 0 Å². The molecule has 1 heterocycles. The summed E-state index contributed by atoms with van der Waals surface area (Å²) in [6, 6.07) is 0.0827. The van der Waals surface area contributed by atoms with E-state index in [0.29, 0.717) is 6.54 Å². The molecule has 1 aliphatic rings. The summed E-state index contributed by atoms with van der Waals surface area (Å²) >= 11 is 0. The van der Waals surface area contributed by atoms with Gasteiger partial charge in [-0.1, -0.05) is 13.3 Å². The van der Waals surface area contributed by atoms with Gasteiger partial charge >= 0.3 is 5.97 Å². The molecular formula is C12H24N2O4S. The molecule has 0 bridgehead atoms. The number of esters is 1. The van der Waals surface area contributed by atoms with Crippen LogP contribution in [0.15, 0.2) is 0 Å². The van der Waals surface area contributed by atoms with E-state index in [1.165, 1.54) is 18.5 Å². The summed E-state index contributed by atoms with van der Waals surface area (Å²) in [5, 5.41) is 0. The van der Waals surface area contributed by atoms with Crippen LogP contribution in [0, 0.1) is 0 Å². The number of carbonyl (C=O) groups excluding carboxylic acids is 1. The van der Waals surface area contributed by atoms with Crippen LogP contribution in [0.5, 0.6) is 0 Å². The Morgan fingerprint density at radius 2 is 2.11 bits per heavy atom. The molecular weight excluding hydrogens is 268 g/mol. The summed E-state index contributed by atoms with van der Waals surface area (Å²) in [5.74, 6) is -0.396. The second kappa shape index (κ2) is 7.21. The molecule has 0 N–H and O–H groups in total. The SMILES string of the molecule is CCC1CCCCN1S(=O)(=O)N(C)CCC(=O)OC. The van der Waals surface area contributed by atoms with Crippen LogP contribution in [0.3, 0.4) is 0 Å². The molecule has 112 valence electrons. The molecule has 7 heteroatoms. The highest BCUT2D eigenvalue weighted by Gasteiger charge is 2.34. The quantitative estimate of drug-likeness (QED) is 0.685. The second-order valence-electron chi connectivity index (χ2n) is 4.82. The molecule has 1 atom stereocenters. The Morgan fingerprint density at radius 1 is 1.42 bits per heavy atom. The highest BCUT2D eigenvalue weighted by Crippen LogP contribution is 2.24. The van der Waals surface area contributed by atoms with Crippen LogP contribution < -0.4 is 0 Å². The molecule has 6 nitrogen and oxygen atoms in total. The van der Waals surface area contributed by atoms with Crippen molar-refractivity contribution in [3.8, 4) is 0 Å². The summed E-state index contributed by atoms with van der Waals surface area (Å²) in [6.45, 7) is 2.73. The molecule has 0 aromatic heterocycles. The molecule has 0 aliphatic carbocycles. The number of hydrogen-bond acceptors (Lipinski definition) is 4. The largest absolute Gasteiger partial charge is 0.469 e.